The lowest BCUT2D eigenvalue weighted by Crippen LogP contribution is -2.09. The molecule has 1 N–H and O–H groups in total. The van der Waals surface area contributed by atoms with Crippen LogP contribution in [0.4, 0.5) is 0 Å². The first kappa shape index (κ1) is 7.95. The Labute approximate surface area is 67.8 Å². The van der Waals surface area contributed by atoms with Crippen molar-refractivity contribution in [2.75, 3.05) is 0 Å². The van der Waals surface area contributed by atoms with E-state index in [9.17, 15) is 4.79 Å². The van der Waals surface area contributed by atoms with Crippen LogP contribution in [0.1, 0.15) is 25.0 Å². The summed E-state index contributed by atoms with van der Waals surface area (Å²) in [5, 5.41) is 8.34. The topological polar surface area (TPSA) is 69.5 Å². The monoisotopic (exact) mass is 169 g/mol. The van der Waals surface area contributed by atoms with E-state index in [1.807, 2.05) is 13.0 Å². The average molecular weight is 169 g/mol. The van der Waals surface area contributed by atoms with E-state index in [1.165, 1.54) is 0 Å². The van der Waals surface area contributed by atoms with Crippen LogP contribution in [0.3, 0.4) is 0 Å². The van der Waals surface area contributed by atoms with Gasteiger partial charge in [0.15, 0.2) is 0 Å². The number of nitriles is 1. The van der Waals surface area contributed by atoms with Gasteiger partial charge in [0, 0.05) is 24.1 Å². The average Bonchev–Trinajstić information content (AvgIpc) is 2.36. The predicted molar refractivity (Wildman–Crippen MR) is 41.4 cm³/mol. The fraction of sp³-hybridized carbons (Fsp3) is 0.500. The molecule has 0 aliphatic heterocycles. The number of rotatable bonds is 2. The molecule has 11 heavy (non-hydrogen) atoms. The molecule has 0 aromatic carbocycles. The Bertz CT molecular complexity index is 321. The highest BCUT2D eigenvalue weighted by molar-refractivity contribution is 6.99. The second kappa shape index (κ2) is 3.30. The lowest BCUT2D eigenvalue weighted by Gasteiger charge is -1.97. The summed E-state index contributed by atoms with van der Waals surface area (Å²) in [5.74, 6) is -0.0602. The summed E-state index contributed by atoms with van der Waals surface area (Å²) in [7, 11) is 0. The maximum atomic E-state index is 10.9. The van der Waals surface area contributed by atoms with Gasteiger partial charge < -0.3 is 0 Å². The van der Waals surface area contributed by atoms with Gasteiger partial charge in [-0.15, -0.1) is 0 Å². The Morgan fingerprint density at radius 2 is 2.64 bits per heavy atom. The lowest BCUT2D eigenvalue weighted by molar-refractivity contribution is 0.759. The van der Waals surface area contributed by atoms with Crippen LogP contribution < -0.4 is 5.56 Å². The number of H-pyrrole nitrogens is 1. The van der Waals surface area contributed by atoms with Gasteiger partial charge in [-0.2, -0.15) is 9.64 Å². The van der Waals surface area contributed by atoms with Crippen LogP contribution in [0.2, 0.25) is 0 Å². The zero-order chi connectivity index (χ0) is 8.27. The Balaban J connectivity index is 2.86. The van der Waals surface area contributed by atoms with E-state index in [4.69, 9.17) is 5.26 Å². The molecule has 0 fully saturated rings. The highest BCUT2D eigenvalue weighted by Crippen LogP contribution is 2.11. The molecule has 0 saturated carbocycles. The third-order valence-electron chi connectivity index (χ3n) is 1.38. The van der Waals surface area contributed by atoms with Gasteiger partial charge in [0.1, 0.15) is 5.69 Å². The van der Waals surface area contributed by atoms with Crippen LogP contribution in [0.15, 0.2) is 4.79 Å². The van der Waals surface area contributed by atoms with Gasteiger partial charge in [-0.05, 0) is 0 Å². The van der Waals surface area contributed by atoms with Crippen LogP contribution in [-0.2, 0) is 0 Å². The summed E-state index contributed by atoms with van der Waals surface area (Å²) >= 11 is 1.02. The zero-order valence-corrected chi connectivity index (χ0v) is 6.81. The second-order valence-corrected chi connectivity index (χ2v) is 2.83. The van der Waals surface area contributed by atoms with Crippen molar-refractivity contribution in [3.63, 3.8) is 0 Å². The lowest BCUT2D eigenvalue weighted by atomic mass is 10.1. The molecule has 1 heterocycles. The fourth-order valence-electron chi connectivity index (χ4n) is 0.755. The predicted octanol–water partition coefficient (Wildman–Crippen LogP) is 0.849. The van der Waals surface area contributed by atoms with Crippen LogP contribution in [0.25, 0.3) is 0 Å². The van der Waals surface area contributed by atoms with Gasteiger partial charge in [0.2, 0.25) is 0 Å². The van der Waals surface area contributed by atoms with Crippen molar-refractivity contribution in [3.8, 4) is 6.07 Å². The molecule has 0 saturated heterocycles. The Kier molecular flexibility index (Phi) is 2.39. The molecule has 58 valence electrons. The van der Waals surface area contributed by atoms with Gasteiger partial charge in [-0.25, -0.2) is 0 Å². The number of aromatic nitrogens is 2. The summed E-state index contributed by atoms with van der Waals surface area (Å²) in [5.41, 5.74) is 0.300. The zero-order valence-electron chi connectivity index (χ0n) is 6.00. The Morgan fingerprint density at radius 3 is 3.09 bits per heavy atom. The first-order chi connectivity index (χ1) is 5.25. The second-order valence-electron chi connectivity index (χ2n) is 2.26. The number of hydrogen-bond donors (Lipinski definition) is 1. The normalized spacial score (nSPS) is 12.4. The molecular weight excluding hydrogens is 162 g/mol. The van der Waals surface area contributed by atoms with Gasteiger partial charge in [0.05, 0.1) is 6.07 Å². The minimum atomic E-state index is -0.169. The third kappa shape index (κ3) is 1.65. The largest absolute Gasteiger partial charge is 0.281 e. The summed E-state index contributed by atoms with van der Waals surface area (Å²) in [6, 6.07) is 1.99. The maximum Gasteiger partial charge on any atom is 0.281 e. The van der Waals surface area contributed by atoms with Crippen LogP contribution >= 0.6 is 11.7 Å². The molecule has 1 aromatic rings. The molecular formula is C6H7N3OS. The molecule has 0 aliphatic rings. The van der Waals surface area contributed by atoms with E-state index in [-0.39, 0.29) is 11.5 Å². The van der Waals surface area contributed by atoms with Crippen LogP contribution in [0, 0.1) is 11.3 Å². The van der Waals surface area contributed by atoms with Crippen molar-refractivity contribution in [2.24, 2.45) is 0 Å². The summed E-state index contributed by atoms with van der Waals surface area (Å²) in [6.07, 6.45) is 0.340. The number of aromatic amines is 1. The van der Waals surface area contributed by atoms with E-state index in [1.54, 1.807) is 0 Å². The molecule has 0 amide bonds. The van der Waals surface area contributed by atoms with Gasteiger partial charge >= 0.3 is 0 Å². The third-order valence-corrected chi connectivity index (χ3v) is 1.94. The van der Waals surface area contributed by atoms with E-state index >= 15 is 0 Å². The number of nitrogens with zero attached hydrogens (tertiary/aromatic N) is 2. The van der Waals surface area contributed by atoms with E-state index < -0.39 is 0 Å². The molecule has 0 aliphatic carbocycles. The molecule has 1 rings (SSSR count). The van der Waals surface area contributed by atoms with Crippen molar-refractivity contribution >= 4 is 11.7 Å². The number of nitrogens with one attached hydrogen (secondary N) is 1. The maximum absolute atomic E-state index is 10.9. The molecule has 0 bridgehead atoms. The number of hydrogen-bond acceptors (Lipinski definition) is 4. The van der Waals surface area contributed by atoms with Crippen LogP contribution in [0.5, 0.6) is 0 Å². The summed E-state index contributed by atoms with van der Waals surface area (Å²) in [4.78, 5) is 10.9. The van der Waals surface area contributed by atoms with Crippen molar-refractivity contribution in [2.45, 2.75) is 19.3 Å². The summed E-state index contributed by atoms with van der Waals surface area (Å²) < 4.78 is 6.33. The molecule has 1 aromatic heterocycles. The van der Waals surface area contributed by atoms with Gasteiger partial charge in [0.25, 0.3) is 5.56 Å². The minimum absolute atomic E-state index is 0.0602. The molecule has 5 heteroatoms. The molecule has 0 unspecified atom stereocenters. The van der Waals surface area contributed by atoms with Crippen molar-refractivity contribution < 1.29 is 0 Å². The molecule has 0 radical (unpaired) electrons. The van der Waals surface area contributed by atoms with E-state index in [2.05, 4.69) is 8.75 Å². The molecule has 0 spiro atoms. The fourth-order valence-corrected chi connectivity index (χ4v) is 1.35. The highest BCUT2D eigenvalue weighted by atomic mass is 32.1. The standard InChI is InChI=1S/C6H7N3OS/c1-4(2-3-7)5-6(10)9-11-8-5/h4H,2H2,1H3,(H,9,10)/t4-/m1/s1. The van der Waals surface area contributed by atoms with Crippen molar-refractivity contribution in [3.05, 3.63) is 16.0 Å². The highest BCUT2D eigenvalue weighted by Gasteiger charge is 2.11. The quantitative estimate of drug-likeness (QED) is 0.713. The first-order valence-corrected chi connectivity index (χ1v) is 3.94. The van der Waals surface area contributed by atoms with Crippen molar-refractivity contribution in [1.29, 1.82) is 5.26 Å². The van der Waals surface area contributed by atoms with Gasteiger partial charge in [-0.1, -0.05) is 6.92 Å². The van der Waals surface area contributed by atoms with Gasteiger partial charge in [-0.3, -0.25) is 9.17 Å². The Hall–Kier alpha value is -1.15. The minimum Gasteiger partial charge on any atom is -0.267 e. The van der Waals surface area contributed by atoms with E-state index in [0.29, 0.717) is 12.1 Å². The first-order valence-electron chi connectivity index (χ1n) is 3.17. The Morgan fingerprint density at radius 1 is 1.91 bits per heavy atom. The SMILES string of the molecule is C[C@H](CC#N)c1ns[nH]c1=O. The van der Waals surface area contributed by atoms with E-state index in [0.717, 1.165) is 11.7 Å². The molecule has 1 atom stereocenters. The van der Waals surface area contributed by atoms with Crippen molar-refractivity contribution in [1.82, 2.24) is 8.75 Å². The smallest absolute Gasteiger partial charge is 0.267 e. The molecule has 4 nitrogen and oxygen atoms in total. The summed E-state index contributed by atoms with van der Waals surface area (Å²) in [6.45, 7) is 1.81. The van der Waals surface area contributed by atoms with Crippen LogP contribution in [-0.4, -0.2) is 8.75 Å².